The van der Waals surface area contributed by atoms with Gasteiger partial charge in [-0.3, -0.25) is 0 Å². The van der Waals surface area contributed by atoms with E-state index < -0.39 is 40.2 Å². The molecule has 0 nitrogen and oxygen atoms in total. The molecule has 0 aliphatic rings. The molecular weight excluding hydrogens is 315 g/mol. The first-order valence-electron chi connectivity index (χ1n) is 4.30. The Morgan fingerprint density at radius 2 is 1.05 bits per heavy atom. The minimum atomic E-state index is -5.85. The molecule has 0 saturated heterocycles. The maximum atomic E-state index is 12.5. The van der Waals surface area contributed by atoms with Gasteiger partial charge in [0.05, 0.1) is 21.7 Å². The Hall–Kier alpha value is -1.12. The van der Waals surface area contributed by atoms with E-state index in [0.29, 0.717) is 0 Å². The molecule has 1 rings (SSSR count). The third kappa shape index (κ3) is 3.26. The van der Waals surface area contributed by atoms with Gasteiger partial charge in [-0.05, 0) is 12.1 Å². The first-order chi connectivity index (χ1) is 8.26. The van der Waals surface area contributed by atoms with E-state index in [0.717, 1.165) is 0 Å². The Labute approximate surface area is 104 Å². The molecule has 0 radical (unpaired) electrons. The van der Waals surface area contributed by atoms with E-state index in [-0.39, 0.29) is 12.1 Å². The third-order valence-corrected chi connectivity index (χ3v) is 2.34. The van der Waals surface area contributed by atoms with Crippen LogP contribution < -0.4 is 0 Å². The molecule has 0 N–H and O–H groups in total. The van der Waals surface area contributed by atoms with Crippen LogP contribution in [0.4, 0.5) is 39.5 Å². The SMILES string of the molecule is FC(F)(F)c1ccc(Cl)c(C(F)(F)F)c1C(F)(F)F. The van der Waals surface area contributed by atoms with Crippen molar-refractivity contribution in [2.24, 2.45) is 0 Å². The van der Waals surface area contributed by atoms with Crippen LogP contribution in [0.25, 0.3) is 0 Å². The maximum Gasteiger partial charge on any atom is 0.418 e. The van der Waals surface area contributed by atoms with Crippen molar-refractivity contribution < 1.29 is 39.5 Å². The normalized spacial score (nSPS) is 13.8. The second kappa shape index (κ2) is 4.46. The van der Waals surface area contributed by atoms with Crippen LogP contribution in [0.5, 0.6) is 0 Å². The lowest BCUT2D eigenvalue weighted by molar-refractivity contribution is -0.174. The predicted molar refractivity (Wildman–Crippen MR) is 46.5 cm³/mol. The summed E-state index contributed by atoms with van der Waals surface area (Å²) < 4.78 is 112. The lowest BCUT2D eigenvalue weighted by Crippen LogP contribution is -2.23. The number of rotatable bonds is 0. The first-order valence-corrected chi connectivity index (χ1v) is 4.68. The summed E-state index contributed by atoms with van der Waals surface area (Å²) in [5, 5.41) is -1.45. The van der Waals surface area contributed by atoms with E-state index in [9.17, 15) is 39.5 Å². The number of hydrogen-bond acceptors (Lipinski definition) is 0. The molecule has 0 spiro atoms. The number of alkyl halides is 9. The predicted octanol–water partition coefficient (Wildman–Crippen LogP) is 5.40. The fourth-order valence-corrected chi connectivity index (χ4v) is 1.65. The summed E-state index contributed by atoms with van der Waals surface area (Å²) >= 11 is 4.95. The highest BCUT2D eigenvalue weighted by molar-refractivity contribution is 6.31. The molecule has 19 heavy (non-hydrogen) atoms. The maximum absolute atomic E-state index is 12.5. The van der Waals surface area contributed by atoms with E-state index in [1.807, 2.05) is 0 Å². The van der Waals surface area contributed by atoms with Gasteiger partial charge in [0.2, 0.25) is 0 Å². The summed E-state index contributed by atoms with van der Waals surface area (Å²) in [5.74, 6) is 0. The van der Waals surface area contributed by atoms with Crippen molar-refractivity contribution in [2.45, 2.75) is 18.5 Å². The minimum Gasteiger partial charge on any atom is -0.166 e. The van der Waals surface area contributed by atoms with Crippen LogP contribution in [0.2, 0.25) is 5.02 Å². The first kappa shape index (κ1) is 15.9. The second-order valence-corrected chi connectivity index (χ2v) is 3.75. The van der Waals surface area contributed by atoms with E-state index >= 15 is 0 Å². The van der Waals surface area contributed by atoms with E-state index in [1.165, 1.54) is 0 Å². The fourth-order valence-electron chi connectivity index (χ4n) is 1.39. The van der Waals surface area contributed by atoms with Gasteiger partial charge in [0.15, 0.2) is 0 Å². The van der Waals surface area contributed by atoms with Gasteiger partial charge in [0.1, 0.15) is 0 Å². The van der Waals surface area contributed by atoms with Crippen molar-refractivity contribution in [3.05, 3.63) is 33.8 Å². The molecule has 0 fully saturated rings. The quantitative estimate of drug-likeness (QED) is 0.562. The molecule has 0 amide bonds. The highest BCUT2D eigenvalue weighted by Crippen LogP contribution is 2.48. The molecule has 0 bridgehead atoms. The molecule has 0 heterocycles. The molecule has 0 atom stereocenters. The van der Waals surface area contributed by atoms with Crippen LogP contribution >= 0.6 is 11.6 Å². The number of halogens is 10. The summed E-state index contributed by atoms with van der Waals surface area (Å²) in [6.07, 6.45) is -17.1. The van der Waals surface area contributed by atoms with Crippen LogP contribution in [0.15, 0.2) is 12.1 Å². The molecule has 0 unspecified atom stereocenters. The smallest absolute Gasteiger partial charge is 0.166 e. The van der Waals surface area contributed by atoms with Gasteiger partial charge in [-0.2, -0.15) is 39.5 Å². The van der Waals surface area contributed by atoms with Crippen molar-refractivity contribution in [2.75, 3.05) is 0 Å². The van der Waals surface area contributed by atoms with E-state index in [1.54, 1.807) is 0 Å². The molecule has 10 heteroatoms. The van der Waals surface area contributed by atoms with Crippen molar-refractivity contribution in [1.29, 1.82) is 0 Å². The lowest BCUT2D eigenvalue weighted by Gasteiger charge is -2.21. The number of hydrogen-bond donors (Lipinski definition) is 0. The highest BCUT2D eigenvalue weighted by atomic mass is 35.5. The zero-order chi connectivity index (χ0) is 15.2. The number of benzene rings is 1. The molecule has 0 aliphatic carbocycles. The zero-order valence-electron chi connectivity index (χ0n) is 8.43. The summed E-state index contributed by atoms with van der Waals surface area (Å²) in [6.45, 7) is 0. The Balaban J connectivity index is 3.82. The average Bonchev–Trinajstić information content (AvgIpc) is 2.11. The fraction of sp³-hybridized carbons (Fsp3) is 0.333. The minimum absolute atomic E-state index is 0.127. The Morgan fingerprint density at radius 3 is 1.37 bits per heavy atom. The Bertz CT molecular complexity index is 480. The Kier molecular flexibility index (Phi) is 3.74. The van der Waals surface area contributed by atoms with E-state index in [2.05, 4.69) is 0 Å². The topological polar surface area (TPSA) is 0 Å². The van der Waals surface area contributed by atoms with Crippen LogP contribution in [0, 0.1) is 0 Å². The van der Waals surface area contributed by atoms with Gasteiger partial charge in [0, 0.05) is 0 Å². The zero-order valence-corrected chi connectivity index (χ0v) is 9.19. The summed E-state index contributed by atoms with van der Waals surface area (Å²) in [4.78, 5) is 0. The van der Waals surface area contributed by atoms with E-state index in [4.69, 9.17) is 11.6 Å². The van der Waals surface area contributed by atoms with Crippen molar-refractivity contribution >= 4 is 11.6 Å². The molecule has 1 aromatic carbocycles. The summed E-state index contributed by atoms with van der Waals surface area (Å²) in [7, 11) is 0. The monoisotopic (exact) mass is 316 g/mol. The van der Waals surface area contributed by atoms with Crippen LogP contribution in [-0.4, -0.2) is 0 Å². The molecule has 0 aliphatic heterocycles. The van der Waals surface area contributed by atoms with Crippen LogP contribution in [0.1, 0.15) is 16.7 Å². The van der Waals surface area contributed by atoms with Crippen molar-refractivity contribution in [1.82, 2.24) is 0 Å². The lowest BCUT2D eigenvalue weighted by atomic mass is 9.99. The molecule has 1 aromatic rings. The third-order valence-electron chi connectivity index (χ3n) is 2.03. The largest absolute Gasteiger partial charge is 0.418 e. The van der Waals surface area contributed by atoms with Gasteiger partial charge in [-0.25, -0.2) is 0 Å². The van der Waals surface area contributed by atoms with Crippen molar-refractivity contribution in [3.63, 3.8) is 0 Å². The van der Waals surface area contributed by atoms with Gasteiger partial charge < -0.3 is 0 Å². The highest BCUT2D eigenvalue weighted by Gasteiger charge is 2.51. The van der Waals surface area contributed by atoms with Gasteiger partial charge in [-0.15, -0.1) is 0 Å². The van der Waals surface area contributed by atoms with Gasteiger partial charge in [-0.1, -0.05) is 11.6 Å². The molecule has 0 saturated carbocycles. The van der Waals surface area contributed by atoms with Gasteiger partial charge >= 0.3 is 18.5 Å². The van der Waals surface area contributed by atoms with Crippen LogP contribution in [-0.2, 0) is 18.5 Å². The second-order valence-electron chi connectivity index (χ2n) is 3.34. The van der Waals surface area contributed by atoms with Crippen molar-refractivity contribution in [3.8, 4) is 0 Å². The summed E-state index contributed by atoms with van der Waals surface area (Å²) in [6, 6.07) is -0.0111. The molecule has 108 valence electrons. The van der Waals surface area contributed by atoms with Gasteiger partial charge in [0.25, 0.3) is 0 Å². The summed E-state index contributed by atoms with van der Waals surface area (Å²) in [5.41, 5.74) is -7.81. The Morgan fingerprint density at radius 1 is 0.632 bits per heavy atom. The standard InChI is InChI=1S/C9H2ClF9/c10-4-2-1-3(7(11,12)13)5(8(14,15)16)6(4)9(17,18)19/h1-2H. The van der Waals surface area contributed by atoms with Crippen LogP contribution in [0.3, 0.4) is 0 Å². The molecular formula is C9H2ClF9. The average molecular weight is 317 g/mol. The molecule has 0 aromatic heterocycles.